The van der Waals surface area contributed by atoms with Gasteiger partial charge in [-0.25, -0.2) is 4.98 Å². The number of aromatic nitrogens is 1. The SMILES string of the molecule is CC(=O)OC(C)(C)C(=O)N1CC(Oc2cccc(C(F)(F)F)n2)C1. The molecule has 0 aliphatic carbocycles. The third-order valence-corrected chi connectivity index (χ3v) is 3.35. The van der Waals surface area contributed by atoms with Gasteiger partial charge in [-0.3, -0.25) is 9.59 Å². The Morgan fingerprint density at radius 2 is 1.88 bits per heavy atom. The van der Waals surface area contributed by atoms with E-state index in [0.29, 0.717) is 0 Å². The minimum atomic E-state index is -4.55. The molecule has 0 bridgehead atoms. The summed E-state index contributed by atoms with van der Waals surface area (Å²) in [6.07, 6.45) is -5.01. The molecule has 24 heavy (non-hydrogen) atoms. The molecule has 1 aromatic heterocycles. The van der Waals surface area contributed by atoms with Gasteiger partial charge in [0.25, 0.3) is 5.91 Å². The van der Waals surface area contributed by atoms with Crippen LogP contribution in [0.25, 0.3) is 0 Å². The predicted octanol–water partition coefficient (Wildman–Crippen LogP) is 2.03. The van der Waals surface area contributed by atoms with Crippen molar-refractivity contribution in [2.75, 3.05) is 13.1 Å². The van der Waals surface area contributed by atoms with Crippen molar-refractivity contribution in [1.29, 1.82) is 0 Å². The van der Waals surface area contributed by atoms with Gasteiger partial charge in [0.2, 0.25) is 5.88 Å². The van der Waals surface area contributed by atoms with Crippen LogP contribution >= 0.6 is 0 Å². The molecule has 0 N–H and O–H groups in total. The van der Waals surface area contributed by atoms with Crippen molar-refractivity contribution in [3.05, 3.63) is 23.9 Å². The number of esters is 1. The first-order valence-corrected chi connectivity index (χ1v) is 7.19. The maximum atomic E-state index is 12.6. The molecule has 0 unspecified atom stereocenters. The van der Waals surface area contributed by atoms with Gasteiger partial charge in [-0.2, -0.15) is 13.2 Å². The average Bonchev–Trinajstić information content (AvgIpc) is 2.39. The Labute approximate surface area is 136 Å². The maximum absolute atomic E-state index is 12.6. The smallest absolute Gasteiger partial charge is 0.433 e. The molecule has 0 saturated carbocycles. The summed E-state index contributed by atoms with van der Waals surface area (Å²) in [6.45, 7) is 4.51. The highest BCUT2D eigenvalue weighted by atomic mass is 19.4. The molecule has 0 aromatic carbocycles. The first kappa shape index (κ1) is 18.0. The molecule has 1 fully saturated rings. The van der Waals surface area contributed by atoms with Crippen molar-refractivity contribution < 1.29 is 32.2 Å². The fourth-order valence-corrected chi connectivity index (χ4v) is 2.27. The van der Waals surface area contributed by atoms with E-state index in [1.165, 1.54) is 37.8 Å². The van der Waals surface area contributed by atoms with E-state index in [2.05, 4.69) is 4.98 Å². The van der Waals surface area contributed by atoms with Crippen LogP contribution in [-0.4, -0.2) is 46.6 Å². The molecule has 2 heterocycles. The molecular weight excluding hydrogens is 329 g/mol. The van der Waals surface area contributed by atoms with E-state index < -0.39 is 35.5 Å². The second kappa shape index (κ2) is 6.29. The number of alkyl halides is 3. The van der Waals surface area contributed by atoms with Crippen LogP contribution in [-0.2, 0) is 20.5 Å². The first-order valence-electron chi connectivity index (χ1n) is 7.19. The van der Waals surface area contributed by atoms with Gasteiger partial charge < -0.3 is 14.4 Å². The number of likely N-dealkylation sites (tertiary alicyclic amines) is 1. The Morgan fingerprint density at radius 1 is 1.25 bits per heavy atom. The van der Waals surface area contributed by atoms with E-state index in [4.69, 9.17) is 9.47 Å². The van der Waals surface area contributed by atoms with Crippen molar-refractivity contribution >= 4 is 11.9 Å². The van der Waals surface area contributed by atoms with Gasteiger partial charge in [0.05, 0.1) is 13.1 Å². The molecule has 1 amide bonds. The van der Waals surface area contributed by atoms with Crippen LogP contribution in [0.1, 0.15) is 26.5 Å². The van der Waals surface area contributed by atoms with Crippen molar-refractivity contribution in [3.8, 4) is 5.88 Å². The van der Waals surface area contributed by atoms with Crippen LogP contribution in [0.5, 0.6) is 5.88 Å². The normalized spacial score (nSPS) is 15.7. The summed E-state index contributed by atoms with van der Waals surface area (Å²) in [6, 6.07) is 3.38. The van der Waals surface area contributed by atoms with Gasteiger partial charge in [-0.15, -0.1) is 0 Å². The molecule has 1 aliphatic heterocycles. The minimum absolute atomic E-state index is 0.152. The number of hydrogen-bond donors (Lipinski definition) is 0. The lowest BCUT2D eigenvalue weighted by molar-refractivity contribution is -0.173. The molecule has 0 spiro atoms. The molecule has 1 aromatic rings. The van der Waals surface area contributed by atoms with Crippen LogP contribution < -0.4 is 4.74 Å². The lowest BCUT2D eigenvalue weighted by atomic mass is 10.0. The molecule has 2 rings (SSSR count). The third kappa shape index (κ3) is 4.15. The number of amides is 1. The highest BCUT2D eigenvalue weighted by Gasteiger charge is 2.42. The van der Waals surface area contributed by atoms with Gasteiger partial charge >= 0.3 is 12.1 Å². The van der Waals surface area contributed by atoms with Crippen LogP contribution in [0, 0.1) is 0 Å². The first-order chi connectivity index (χ1) is 11.0. The number of pyridine rings is 1. The second-order valence-electron chi connectivity index (χ2n) is 5.91. The number of rotatable bonds is 4. The van der Waals surface area contributed by atoms with Gasteiger partial charge in [-0.05, 0) is 19.9 Å². The standard InChI is InChI=1S/C15H17F3N2O4/c1-9(21)24-14(2,3)13(22)20-7-10(8-20)23-12-6-4-5-11(19-12)15(16,17)18/h4-6,10H,7-8H2,1-3H3. The number of nitrogens with zero attached hydrogens (tertiary/aromatic N) is 2. The maximum Gasteiger partial charge on any atom is 0.433 e. The Bertz CT molecular complexity index is 640. The van der Waals surface area contributed by atoms with E-state index in [0.717, 1.165) is 6.07 Å². The summed E-state index contributed by atoms with van der Waals surface area (Å²) in [4.78, 5) is 28.0. The number of halogens is 3. The van der Waals surface area contributed by atoms with E-state index in [-0.39, 0.29) is 19.0 Å². The fraction of sp³-hybridized carbons (Fsp3) is 0.533. The van der Waals surface area contributed by atoms with Gasteiger partial charge in [0, 0.05) is 13.0 Å². The van der Waals surface area contributed by atoms with Crippen molar-refractivity contribution in [3.63, 3.8) is 0 Å². The Hall–Kier alpha value is -2.32. The van der Waals surface area contributed by atoms with Gasteiger partial charge in [0.1, 0.15) is 11.8 Å². The second-order valence-corrected chi connectivity index (χ2v) is 5.91. The summed E-state index contributed by atoms with van der Waals surface area (Å²) in [5, 5.41) is 0. The molecule has 0 radical (unpaired) electrons. The quantitative estimate of drug-likeness (QED) is 0.781. The van der Waals surface area contributed by atoms with E-state index >= 15 is 0 Å². The number of carbonyl (C=O) groups is 2. The number of carbonyl (C=O) groups excluding carboxylic acids is 2. The van der Waals surface area contributed by atoms with Crippen LogP contribution in [0.15, 0.2) is 18.2 Å². The van der Waals surface area contributed by atoms with Gasteiger partial charge in [0.15, 0.2) is 5.60 Å². The molecular formula is C15H17F3N2O4. The monoisotopic (exact) mass is 346 g/mol. The molecule has 1 aliphatic rings. The number of hydrogen-bond acceptors (Lipinski definition) is 5. The van der Waals surface area contributed by atoms with E-state index in [9.17, 15) is 22.8 Å². The fourth-order valence-electron chi connectivity index (χ4n) is 2.27. The number of ether oxygens (including phenoxy) is 2. The topological polar surface area (TPSA) is 68.7 Å². The average molecular weight is 346 g/mol. The van der Waals surface area contributed by atoms with E-state index in [1.807, 2.05) is 0 Å². The summed E-state index contributed by atoms with van der Waals surface area (Å²) in [5.74, 6) is -1.12. The summed E-state index contributed by atoms with van der Waals surface area (Å²) in [7, 11) is 0. The van der Waals surface area contributed by atoms with Crippen molar-refractivity contribution in [2.24, 2.45) is 0 Å². The zero-order chi connectivity index (χ0) is 18.1. The van der Waals surface area contributed by atoms with Gasteiger partial charge in [-0.1, -0.05) is 6.07 Å². The van der Waals surface area contributed by atoms with E-state index in [1.54, 1.807) is 0 Å². The summed E-state index contributed by atoms with van der Waals surface area (Å²) < 4.78 is 48.1. The van der Waals surface area contributed by atoms with Crippen LogP contribution in [0.4, 0.5) is 13.2 Å². The molecule has 0 atom stereocenters. The predicted molar refractivity (Wildman–Crippen MR) is 76.1 cm³/mol. The molecule has 6 nitrogen and oxygen atoms in total. The molecule has 9 heteroatoms. The zero-order valence-electron chi connectivity index (χ0n) is 13.4. The highest BCUT2D eigenvalue weighted by Crippen LogP contribution is 2.29. The van der Waals surface area contributed by atoms with Crippen LogP contribution in [0.3, 0.4) is 0 Å². The zero-order valence-corrected chi connectivity index (χ0v) is 13.4. The summed E-state index contributed by atoms with van der Waals surface area (Å²) in [5.41, 5.74) is -2.34. The molecule has 1 saturated heterocycles. The Kier molecular flexibility index (Phi) is 4.73. The summed E-state index contributed by atoms with van der Waals surface area (Å²) >= 11 is 0. The lowest BCUT2D eigenvalue weighted by Gasteiger charge is -2.41. The lowest BCUT2D eigenvalue weighted by Crippen LogP contribution is -2.61. The largest absolute Gasteiger partial charge is 0.471 e. The van der Waals surface area contributed by atoms with Crippen molar-refractivity contribution in [1.82, 2.24) is 9.88 Å². The minimum Gasteiger partial charge on any atom is -0.471 e. The third-order valence-electron chi connectivity index (χ3n) is 3.35. The van der Waals surface area contributed by atoms with Crippen LogP contribution in [0.2, 0.25) is 0 Å². The highest BCUT2D eigenvalue weighted by molar-refractivity contribution is 5.87. The molecule has 132 valence electrons. The Morgan fingerprint density at radius 3 is 2.42 bits per heavy atom. The Balaban J connectivity index is 1.91. The van der Waals surface area contributed by atoms with Crippen molar-refractivity contribution in [2.45, 2.75) is 38.7 Å².